The molecular weight excluding hydrogens is 616 g/mol. The topological polar surface area (TPSA) is 201 Å². The molecule has 12 heteroatoms. The van der Waals surface area contributed by atoms with Crippen LogP contribution in [0.5, 0.6) is 0 Å². The zero-order chi connectivity index (χ0) is 34.0. The molecule has 0 aromatic heterocycles. The van der Waals surface area contributed by atoms with Crippen LogP contribution in [0.2, 0.25) is 0 Å². The number of hydrogen-bond donors (Lipinski definition) is 4. The van der Waals surface area contributed by atoms with Crippen molar-refractivity contribution in [1.82, 2.24) is 9.80 Å². The SMILES string of the molecule is N[C@@H](CCCCN1C(=O)c2ccc3c4ccc5c6c(ccc(c7ccc(c2c37)C1=O)c64)C(=O)N(CCCC[C@H](N)C(=O)O)C5=O)C(=O)O. The second kappa shape index (κ2) is 11.7. The van der Waals surface area contributed by atoms with Gasteiger partial charge < -0.3 is 21.7 Å². The van der Waals surface area contributed by atoms with Gasteiger partial charge in [-0.2, -0.15) is 0 Å². The summed E-state index contributed by atoms with van der Waals surface area (Å²) < 4.78 is 0. The number of carboxylic acid groups (broad SMARTS) is 2. The molecule has 0 unspecified atom stereocenters. The standard InChI is InChI=1S/C36H32N4O8/c37-25(35(45)46)5-1-3-15-39-31(41)21-11-7-17-19-9-13-23-30-24(34(44)40(33(23)43)16-4-2-6-26(38)36(47)48)14-10-20(28(19)30)18-8-12-22(32(39)42)29(21)27(17)18/h7-14,25-26H,1-6,15-16,37-38H2,(H,45,46)(H,47,48)/t25-,26-/m0/s1. The molecule has 4 amide bonds. The van der Waals surface area contributed by atoms with Crippen molar-refractivity contribution >= 4 is 78.7 Å². The van der Waals surface area contributed by atoms with Gasteiger partial charge in [0.1, 0.15) is 12.1 Å². The normalized spacial score (nSPS) is 15.8. The van der Waals surface area contributed by atoms with Crippen molar-refractivity contribution in [2.75, 3.05) is 13.1 Å². The van der Waals surface area contributed by atoms with E-state index in [0.29, 0.717) is 58.7 Å². The van der Waals surface area contributed by atoms with Crippen LogP contribution >= 0.6 is 0 Å². The molecule has 48 heavy (non-hydrogen) atoms. The molecule has 0 fully saturated rings. The van der Waals surface area contributed by atoms with Crippen molar-refractivity contribution in [2.24, 2.45) is 11.5 Å². The molecule has 0 radical (unpaired) electrons. The van der Waals surface area contributed by atoms with Crippen LogP contribution in [0.3, 0.4) is 0 Å². The molecule has 0 spiro atoms. The molecule has 0 bridgehead atoms. The van der Waals surface area contributed by atoms with E-state index in [9.17, 15) is 28.8 Å². The molecule has 6 N–H and O–H groups in total. The third kappa shape index (κ3) is 4.67. The number of nitrogens with zero attached hydrogens (tertiary/aromatic N) is 2. The number of rotatable bonds is 12. The number of imide groups is 2. The molecule has 2 atom stereocenters. The van der Waals surface area contributed by atoms with E-state index in [1.165, 1.54) is 9.80 Å². The van der Waals surface area contributed by atoms with Crippen LogP contribution in [0.25, 0.3) is 43.1 Å². The molecule has 0 aliphatic carbocycles. The lowest BCUT2D eigenvalue weighted by Gasteiger charge is -2.30. The van der Waals surface area contributed by atoms with Gasteiger partial charge in [0.15, 0.2) is 0 Å². The number of carboxylic acids is 2. The molecular formula is C36H32N4O8. The van der Waals surface area contributed by atoms with Crippen molar-refractivity contribution in [3.8, 4) is 0 Å². The first kappa shape index (κ1) is 31.2. The Morgan fingerprint density at radius 2 is 0.792 bits per heavy atom. The Labute approximate surface area is 273 Å². The number of fused-ring (bicyclic) bond motifs is 2. The minimum absolute atomic E-state index is 0.136. The van der Waals surface area contributed by atoms with Gasteiger partial charge >= 0.3 is 11.9 Å². The highest BCUT2D eigenvalue weighted by Gasteiger charge is 2.36. The number of amides is 4. The molecule has 5 aromatic rings. The molecule has 12 nitrogen and oxygen atoms in total. The largest absolute Gasteiger partial charge is 0.480 e. The highest BCUT2D eigenvalue weighted by Crippen LogP contribution is 2.46. The van der Waals surface area contributed by atoms with E-state index in [4.69, 9.17) is 21.7 Å². The van der Waals surface area contributed by atoms with E-state index < -0.39 is 47.7 Å². The number of nitrogens with two attached hydrogens (primary N) is 2. The molecule has 2 heterocycles. The maximum atomic E-state index is 13.7. The van der Waals surface area contributed by atoms with E-state index in [2.05, 4.69) is 0 Å². The molecule has 2 aliphatic heterocycles. The number of hydrogen-bond acceptors (Lipinski definition) is 8. The number of aliphatic carboxylic acids is 2. The van der Waals surface area contributed by atoms with Crippen molar-refractivity contribution in [3.05, 3.63) is 70.8 Å². The predicted molar refractivity (Wildman–Crippen MR) is 177 cm³/mol. The summed E-state index contributed by atoms with van der Waals surface area (Å²) in [7, 11) is 0. The summed E-state index contributed by atoms with van der Waals surface area (Å²) in [6.45, 7) is 0.272. The first-order valence-corrected chi connectivity index (χ1v) is 15.9. The number of unbranched alkanes of at least 4 members (excludes halogenated alkanes) is 2. The Balaban J connectivity index is 1.26. The molecule has 7 rings (SSSR count). The minimum Gasteiger partial charge on any atom is -0.480 e. The third-order valence-corrected chi connectivity index (χ3v) is 9.73. The summed E-state index contributed by atoms with van der Waals surface area (Å²) in [5, 5.41) is 23.8. The van der Waals surface area contributed by atoms with Gasteiger partial charge in [-0.25, -0.2) is 0 Å². The first-order chi connectivity index (χ1) is 23.0. The zero-order valence-corrected chi connectivity index (χ0v) is 25.8. The third-order valence-electron chi connectivity index (χ3n) is 9.73. The van der Waals surface area contributed by atoms with Gasteiger partial charge in [-0.1, -0.05) is 24.3 Å². The quantitative estimate of drug-likeness (QED) is 0.0661. The van der Waals surface area contributed by atoms with Crippen molar-refractivity contribution in [1.29, 1.82) is 0 Å². The molecule has 244 valence electrons. The Bertz CT molecular complexity index is 1970. The van der Waals surface area contributed by atoms with Gasteiger partial charge in [0, 0.05) is 46.1 Å². The lowest BCUT2D eigenvalue weighted by atomic mass is 9.82. The summed E-state index contributed by atoms with van der Waals surface area (Å²) in [6.07, 6.45) is 2.19. The van der Waals surface area contributed by atoms with Crippen LogP contribution in [0, 0.1) is 0 Å². The minimum atomic E-state index is -1.09. The summed E-state index contributed by atoms with van der Waals surface area (Å²) in [4.78, 5) is 79.2. The zero-order valence-electron chi connectivity index (χ0n) is 25.8. The van der Waals surface area contributed by atoms with Crippen LogP contribution in [0.15, 0.2) is 48.5 Å². The molecule has 0 saturated heterocycles. The van der Waals surface area contributed by atoms with E-state index >= 15 is 0 Å². The second-order valence-corrected chi connectivity index (χ2v) is 12.5. The highest BCUT2D eigenvalue weighted by atomic mass is 16.4. The van der Waals surface area contributed by atoms with E-state index in [1.54, 1.807) is 24.3 Å². The van der Waals surface area contributed by atoms with Gasteiger partial charge in [-0.05, 0) is 95.1 Å². The number of carbonyl (C=O) groups excluding carboxylic acids is 4. The van der Waals surface area contributed by atoms with Gasteiger partial charge in [0.05, 0.1) is 0 Å². The van der Waals surface area contributed by atoms with Crippen molar-refractivity contribution in [3.63, 3.8) is 0 Å². The Morgan fingerprint density at radius 1 is 0.500 bits per heavy atom. The lowest BCUT2D eigenvalue weighted by Crippen LogP contribution is -2.41. The van der Waals surface area contributed by atoms with Gasteiger partial charge in [-0.3, -0.25) is 38.6 Å². The fourth-order valence-electron chi connectivity index (χ4n) is 7.29. The fraction of sp³-hybridized carbons (Fsp3) is 0.278. The van der Waals surface area contributed by atoms with Crippen LogP contribution in [0.1, 0.15) is 80.0 Å². The fourth-order valence-corrected chi connectivity index (χ4v) is 7.29. The predicted octanol–water partition coefficient (Wildman–Crippen LogP) is 4.09. The lowest BCUT2D eigenvalue weighted by molar-refractivity contribution is -0.139. The number of carbonyl (C=O) groups is 6. The molecule has 5 aromatic carbocycles. The average molecular weight is 649 g/mol. The summed E-state index contributed by atoms with van der Waals surface area (Å²) in [5.41, 5.74) is 12.8. The van der Waals surface area contributed by atoms with E-state index in [0.717, 1.165) is 32.3 Å². The van der Waals surface area contributed by atoms with Crippen LogP contribution in [-0.4, -0.2) is 80.8 Å². The first-order valence-electron chi connectivity index (χ1n) is 15.9. The van der Waals surface area contributed by atoms with Crippen LogP contribution in [-0.2, 0) is 9.59 Å². The Kier molecular flexibility index (Phi) is 7.56. The average Bonchev–Trinajstić information content (AvgIpc) is 3.07. The Morgan fingerprint density at radius 3 is 1.06 bits per heavy atom. The van der Waals surface area contributed by atoms with Crippen molar-refractivity contribution < 1.29 is 39.0 Å². The summed E-state index contributed by atoms with van der Waals surface area (Å²) >= 11 is 0. The van der Waals surface area contributed by atoms with Crippen molar-refractivity contribution in [2.45, 2.75) is 50.6 Å². The maximum Gasteiger partial charge on any atom is 0.320 e. The Hall–Kier alpha value is -5.46. The number of benzene rings is 5. The smallest absolute Gasteiger partial charge is 0.320 e. The monoisotopic (exact) mass is 648 g/mol. The maximum absolute atomic E-state index is 13.7. The van der Waals surface area contributed by atoms with Gasteiger partial charge in [-0.15, -0.1) is 0 Å². The summed E-state index contributed by atoms with van der Waals surface area (Å²) in [6, 6.07) is 12.2. The molecule has 2 aliphatic rings. The van der Waals surface area contributed by atoms with E-state index in [-0.39, 0.29) is 25.9 Å². The van der Waals surface area contributed by atoms with Crippen LogP contribution < -0.4 is 11.5 Å². The van der Waals surface area contributed by atoms with E-state index in [1.807, 2.05) is 24.3 Å². The second-order valence-electron chi connectivity index (χ2n) is 12.5. The molecule has 0 saturated carbocycles. The summed E-state index contributed by atoms with van der Waals surface area (Å²) in [5.74, 6) is -3.87. The highest BCUT2D eigenvalue weighted by molar-refractivity contribution is 6.41. The van der Waals surface area contributed by atoms with Crippen LogP contribution in [0.4, 0.5) is 0 Å². The van der Waals surface area contributed by atoms with Gasteiger partial charge in [0.2, 0.25) is 0 Å². The van der Waals surface area contributed by atoms with Gasteiger partial charge in [0.25, 0.3) is 23.6 Å².